The summed E-state index contributed by atoms with van der Waals surface area (Å²) < 4.78 is 0. The van der Waals surface area contributed by atoms with Crippen molar-refractivity contribution in [1.82, 2.24) is 9.80 Å². The number of hydrogen-bond acceptors (Lipinski definition) is 3. The number of carbonyl (C=O) groups excluding carboxylic acids is 1. The lowest BCUT2D eigenvalue weighted by molar-refractivity contribution is -0.140. The Bertz CT molecular complexity index is 499. The normalized spacial score (nSPS) is 22.6. The highest BCUT2D eigenvalue weighted by molar-refractivity contribution is 5.82. The average molecular weight is 316 g/mol. The Balaban J connectivity index is 1.57. The third-order valence-electron chi connectivity index (χ3n) is 5.28. The highest BCUT2D eigenvalue weighted by Crippen LogP contribution is 2.24. The number of nitrogens with zero attached hydrogens (tertiary/aromatic N) is 2. The number of aliphatic hydroxyl groups is 1. The van der Waals surface area contributed by atoms with Crippen LogP contribution < -0.4 is 0 Å². The monoisotopic (exact) mass is 316 g/mol. The summed E-state index contributed by atoms with van der Waals surface area (Å²) in [7, 11) is 0. The topological polar surface area (TPSA) is 43.8 Å². The smallest absolute Gasteiger partial charge is 0.256 e. The molecule has 4 nitrogen and oxygen atoms in total. The van der Waals surface area contributed by atoms with Crippen LogP contribution in [0.5, 0.6) is 0 Å². The van der Waals surface area contributed by atoms with Crippen LogP contribution in [0.25, 0.3) is 0 Å². The molecule has 3 rings (SSSR count). The van der Waals surface area contributed by atoms with Gasteiger partial charge in [-0.3, -0.25) is 9.69 Å². The first kappa shape index (κ1) is 16.5. The van der Waals surface area contributed by atoms with Gasteiger partial charge in [0.25, 0.3) is 5.91 Å². The maximum Gasteiger partial charge on any atom is 0.256 e. The zero-order valence-electron chi connectivity index (χ0n) is 13.9. The van der Waals surface area contributed by atoms with Crippen LogP contribution in [-0.4, -0.2) is 53.0 Å². The van der Waals surface area contributed by atoms with Crippen molar-refractivity contribution in [3.63, 3.8) is 0 Å². The number of aliphatic hydroxyl groups excluding tert-OH is 1. The standard InChI is InChI=1S/C19H28N2O2/c22-18(16-8-3-1-4-9-16)19(23)21-13-7-12-20(14-15-21)17-10-5-2-6-11-17/h1,3-4,8-9,17-18,22H,2,5-7,10-15H2/t18-/m1/s1. The predicted molar refractivity (Wildman–Crippen MR) is 91.0 cm³/mol. The number of amides is 1. The Labute approximate surface area is 139 Å². The molecular formula is C19H28N2O2. The van der Waals surface area contributed by atoms with Gasteiger partial charge in [-0.25, -0.2) is 0 Å². The predicted octanol–water partition coefficient (Wildman–Crippen LogP) is 2.59. The first-order valence-corrected chi connectivity index (χ1v) is 9.01. The summed E-state index contributed by atoms with van der Waals surface area (Å²) in [5.74, 6) is -0.151. The summed E-state index contributed by atoms with van der Waals surface area (Å²) in [5, 5.41) is 10.3. The highest BCUT2D eigenvalue weighted by Gasteiger charge is 2.28. The van der Waals surface area contributed by atoms with Gasteiger partial charge in [0.15, 0.2) is 6.10 Å². The molecule has 1 heterocycles. The number of rotatable bonds is 3. The molecular weight excluding hydrogens is 288 g/mol. The van der Waals surface area contributed by atoms with E-state index in [0.717, 1.165) is 32.6 Å². The quantitative estimate of drug-likeness (QED) is 0.932. The summed E-state index contributed by atoms with van der Waals surface area (Å²) in [6.07, 6.45) is 6.65. The van der Waals surface area contributed by atoms with E-state index in [-0.39, 0.29) is 5.91 Å². The maximum absolute atomic E-state index is 12.6. The van der Waals surface area contributed by atoms with Crippen molar-refractivity contribution < 1.29 is 9.90 Å². The van der Waals surface area contributed by atoms with E-state index < -0.39 is 6.10 Å². The summed E-state index contributed by atoms with van der Waals surface area (Å²) in [6, 6.07) is 9.95. The second-order valence-electron chi connectivity index (χ2n) is 6.82. The Morgan fingerprint density at radius 3 is 2.43 bits per heavy atom. The number of benzene rings is 1. The molecule has 1 aromatic rings. The first-order valence-electron chi connectivity index (χ1n) is 9.01. The fourth-order valence-corrected chi connectivity index (χ4v) is 3.92. The van der Waals surface area contributed by atoms with Gasteiger partial charge in [-0.05, 0) is 24.8 Å². The van der Waals surface area contributed by atoms with Crippen LogP contribution in [-0.2, 0) is 4.79 Å². The fraction of sp³-hybridized carbons (Fsp3) is 0.632. The minimum atomic E-state index is -1.03. The average Bonchev–Trinajstić information content (AvgIpc) is 2.88. The van der Waals surface area contributed by atoms with E-state index in [1.165, 1.54) is 32.1 Å². The SMILES string of the molecule is O=C([C@H](O)c1ccccc1)N1CCCN(C2CCCCC2)CC1. The van der Waals surface area contributed by atoms with Gasteiger partial charge < -0.3 is 10.0 Å². The molecule has 1 aliphatic heterocycles. The summed E-state index contributed by atoms with van der Waals surface area (Å²) >= 11 is 0. The van der Waals surface area contributed by atoms with Crippen molar-refractivity contribution >= 4 is 5.91 Å². The molecule has 0 bridgehead atoms. The lowest BCUT2D eigenvalue weighted by Gasteiger charge is -2.33. The molecule has 0 spiro atoms. The Hall–Kier alpha value is -1.39. The van der Waals surface area contributed by atoms with Crippen LogP contribution in [0.1, 0.15) is 50.2 Å². The summed E-state index contributed by atoms with van der Waals surface area (Å²) in [6.45, 7) is 3.51. The van der Waals surface area contributed by atoms with E-state index >= 15 is 0 Å². The molecule has 4 heteroatoms. The largest absolute Gasteiger partial charge is 0.378 e. The number of carbonyl (C=O) groups is 1. The Morgan fingerprint density at radius 1 is 0.957 bits per heavy atom. The molecule has 0 unspecified atom stereocenters. The molecule has 1 aliphatic carbocycles. The fourth-order valence-electron chi connectivity index (χ4n) is 3.92. The minimum absolute atomic E-state index is 0.151. The lowest BCUT2D eigenvalue weighted by atomic mass is 9.94. The van der Waals surface area contributed by atoms with Gasteiger partial charge in [-0.15, -0.1) is 0 Å². The first-order chi connectivity index (χ1) is 11.3. The molecule has 0 radical (unpaired) electrons. The van der Waals surface area contributed by atoms with Crippen molar-refractivity contribution in [2.75, 3.05) is 26.2 Å². The van der Waals surface area contributed by atoms with E-state index in [1.807, 2.05) is 35.2 Å². The molecule has 126 valence electrons. The molecule has 1 aromatic carbocycles. The van der Waals surface area contributed by atoms with E-state index in [2.05, 4.69) is 4.90 Å². The van der Waals surface area contributed by atoms with Crippen LogP contribution in [0, 0.1) is 0 Å². The minimum Gasteiger partial charge on any atom is -0.378 e. The van der Waals surface area contributed by atoms with Crippen molar-refractivity contribution in [3.05, 3.63) is 35.9 Å². The van der Waals surface area contributed by atoms with Gasteiger partial charge in [0.1, 0.15) is 0 Å². The molecule has 1 saturated heterocycles. The van der Waals surface area contributed by atoms with Crippen molar-refractivity contribution in [1.29, 1.82) is 0 Å². The van der Waals surface area contributed by atoms with Crippen molar-refractivity contribution in [2.24, 2.45) is 0 Å². The van der Waals surface area contributed by atoms with Crippen LogP contribution in [0.4, 0.5) is 0 Å². The van der Waals surface area contributed by atoms with Gasteiger partial charge in [-0.2, -0.15) is 0 Å². The van der Waals surface area contributed by atoms with Crippen LogP contribution in [0.3, 0.4) is 0 Å². The zero-order valence-corrected chi connectivity index (χ0v) is 13.9. The second-order valence-corrected chi connectivity index (χ2v) is 6.82. The van der Waals surface area contributed by atoms with Gasteiger partial charge in [0.2, 0.25) is 0 Å². The molecule has 2 fully saturated rings. The molecule has 23 heavy (non-hydrogen) atoms. The highest BCUT2D eigenvalue weighted by atomic mass is 16.3. The van der Waals surface area contributed by atoms with E-state index in [1.54, 1.807) is 0 Å². The zero-order chi connectivity index (χ0) is 16.1. The summed E-state index contributed by atoms with van der Waals surface area (Å²) in [5.41, 5.74) is 0.686. The van der Waals surface area contributed by atoms with Crippen LogP contribution in [0.2, 0.25) is 0 Å². The van der Waals surface area contributed by atoms with Crippen molar-refractivity contribution in [2.45, 2.75) is 50.7 Å². The third-order valence-corrected chi connectivity index (χ3v) is 5.28. The number of hydrogen-bond donors (Lipinski definition) is 1. The molecule has 1 saturated carbocycles. The van der Waals surface area contributed by atoms with Crippen LogP contribution in [0.15, 0.2) is 30.3 Å². The third kappa shape index (κ3) is 4.12. The lowest BCUT2D eigenvalue weighted by Crippen LogP contribution is -2.41. The van der Waals surface area contributed by atoms with Gasteiger partial charge in [0, 0.05) is 32.2 Å². The van der Waals surface area contributed by atoms with E-state index in [9.17, 15) is 9.90 Å². The summed E-state index contributed by atoms with van der Waals surface area (Å²) in [4.78, 5) is 17.0. The van der Waals surface area contributed by atoms with Gasteiger partial charge in [-0.1, -0.05) is 49.6 Å². The van der Waals surface area contributed by atoms with E-state index in [0.29, 0.717) is 11.6 Å². The molecule has 0 aromatic heterocycles. The Kier molecular flexibility index (Phi) is 5.68. The van der Waals surface area contributed by atoms with Crippen molar-refractivity contribution in [3.8, 4) is 0 Å². The molecule has 1 amide bonds. The van der Waals surface area contributed by atoms with Gasteiger partial charge in [0.05, 0.1) is 0 Å². The van der Waals surface area contributed by atoms with Gasteiger partial charge >= 0.3 is 0 Å². The Morgan fingerprint density at radius 2 is 1.70 bits per heavy atom. The molecule has 2 aliphatic rings. The molecule has 1 N–H and O–H groups in total. The van der Waals surface area contributed by atoms with E-state index in [4.69, 9.17) is 0 Å². The second kappa shape index (κ2) is 7.93. The van der Waals surface area contributed by atoms with Crippen LogP contribution >= 0.6 is 0 Å². The maximum atomic E-state index is 12.6. The molecule has 1 atom stereocenters.